The molecule has 1 saturated heterocycles. The minimum Gasteiger partial charge on any atom is -0.366 e. The van der Waals surface area contributed by atoms with Gasteiger partial charge in [0.1, 0.15) is 0 Å². The Morgan fingerprint density at radius 3 is 2.63 bits per heavy atom. The van der Waals surface area contributed by atoms with Crippen LogP contribution in [0.1, 0.15) is 39.2 Å². The van der Waals surface area contributed by atoms with Crippen molar-refractivity contribution in [1.29, 1.82) is 0 Å². The van der Waals surface area contributed by atoms with Gasteiger partial charge in [-0.15, -0.1) is 0 Å². The molecule has 0 aliphatic carbocycles. The topological polar surface area (TPSA) is 15.3 Å². The number of nitrogens with one attached hydrogen (secondary N) is 1. The molecule has 1 unspecified atom stereocenters. The van der Waals surface area contributed by atoms with Crippen molar-refractivity contribution in [1.82, 2.24) is 5.32 Å². The van der Waals surface area contributed by atoms with E-state index in [1.807, 2.05) is 0 Å². The van der Waals surface area contributed by atoms with E-state index in [9.17, 15) is 0 Å². The fourth-order valence-electron chi connectivity index (χ4n) is 2.89. The average molecular weight is 325 g/mol. The normalized spacial score (nSPS) is 22.6. The lowest BCUT2D eigenvalue weighted by Crippen LogP contribution is -2.63. The molecule has 0 amide bonds. The zero-order chi connectivity index (χ0) is 14.0. The Hall–Kier alpha value is -0.540. The summed E-state index contributed by atoms with van der Waals surface area (Å²) in [5, 5.41) is 3.76. The number of piperazine rings is 1. The Labute approximate surface area is 125 Å². The van der Waals surface area contributed by atoms with E-state index < -0.39 is 0 Å². The maximum absolute atomic E-state index is 3.76. The Morgan fingerprint density at radius 2 is 2.05 bits per heavy atom. The largest absolute Gasteiger partial charge is 0.366 e. The number of halogens is 1. The van der Waals surface area contributed by atoms with E-state index >= 15 is 0 Å². The highest BCUT2D eigenvalue weighted by atomic mass is 79.9. The molecule has 1 N–H and O–H groups in total. The Bertz CT molecular complexity index is 440. The molecule has 1 heterocycles. The van der Waals surface area contributed by atoms with Gasteiger partial charge in [-0.05, 0) is 50.5 Å². The standard InChI is InChI=1S/C16H25BrN2/c1-5-16(6-2)11-19(13(4)10-18-16)14-7-8-15(17)12(3)9-14/h7-9,13,18H,5-6,10-11H2,1-4H3. The quantitative estimate of drug-likeness (QED) is 0.899. The first-order valence-corrected chi connectivity index (χ1v) is 8.08. The zero-order valence-electron chi connectivity index (χ0n) is 12.5. The average Bonchev–Trinajstić information content (AvgIpc) is 2.43. The fourth-order valence-corrected chi connectivity index (χ4v) is 3.14. The van der Waals surface area contributed by atoms with Crippen molar-refractivity contribution >= 4 is 21.6 Å². The van der Waals surface area contributed by atoms with Crippen LogP contribution < -0.4 is 10.2 Å². The number of hydrogen-bond acceptors (Lipinski definition) is 2. The number of anilines is 1. The maximum Gasteiger partial charge on any atom is 0.0387 e. The fraction of sp³-hybridized carbons (Fsp3) is 0.625. The molecule has 0 spiro atoms. The number of hydrogen-bond donors (Lipinski definition) is 1. The molecule has 2 nitrogen and oxygen atoms in total. The second kappa shape index (κ2) is 5.84. The minimum atomic E-state index is 0.271. The summed E-state index contributed by atoms with van der Waals surface area (Å²) < 4.78 is 1.19. The second-order valence-corrected chi connectivity index (χ2v) is 6.63. The second-order valence-electron chi connectivity index (χ2n) is 5.78. The van der Waals surface area contributed by atoms with E-state index in [1.54, 1.807) is 0 Å². The summed E-state index contributed by atoms with van der Waals surface area (Å²) in [4.78, 5) is 2.56. The van der Waals surface area contributed by atoms with Crippen molar-refractivity contribution in [3.8, 4) is 0 Å². The highest BCUT2D eigenvalue weighted by Crippen LogP contribution is 2.29. The first kappa shape index (κ1) is 14.9. The molecule has 3 heteroatoms. The molecular weight excluding hydrogens is 300 g/mol. The lowest BCUT2D eigenvalue weighted by Gasteiger charge is -2.47. The van der Waals surface area contributed by atoms with E-state index in [2.05, 4.69) is 72.0 Å². The van der Waals surface area contributed by atoms with E-state index in [0.717, 1.165) is 13.1 Å². The first-order chi connectivity index (χ1) is 9.01. The van der Waals surface area contributed by atoms with E-state index in [-0.39, 0.29) is 5.54 Å². The van der Waals surface area contributed by atoms with Crippen LogP contribution in [0.25, 0.3) is 0 Å². The monoisotopic (exact) mass is 324 g/mol. The van der Waals surface area contributed by atoms with Crippen molar-refractivity contribution in [3.05, 3.63) is 28.2 Å². The summed E-state index contributed by atoms with van der Waals surface area (Å²) in [6, 6.07) is 7.24. The van der Waals surface area contributed by atoms with E-state index in [4.69, 9.17) is 0 Å². The molecular formula is C16H25BrN2. The van der Waals surface area contributed by atoms with Crippen LogP contribution in [0, 0.1) is 6.92 Å². The number of rotatable bonds is 3. The van der Waals surface area contributed by atoms with Crippen LogP contribution >= 0.6 is 15.9 Å². The third-order valence-electron chi connectivity index (χ3n) is 4.60. The van der Waals surface area contributed by atoms with Crippen LogP contribution in [0.3, 0.4) is 0 Å². The van der Waals surface area contributed by atoms with Gasteiger partial charge < -0.3 is 10.2 Å². The molecule has 0 saturated carbocycles. The zero-order valence-corrected chi connectivity index (χ0v) is 14.0. The molecule has 1 fully saturated rings. The molecule has 19 heavy (non-hydrogen) atoms. The molecule has 2 rings (SSSR count). The lowest BCUT2D eigenvalue weighted by atomic mass is 9.88. The number of nitrogens with zero attached hydrogens (tertiary/aromatic N) is 1. The predicted molar refractivity (Wildman–Crippen MR) is 87.0 cm³/mol. The predicted octanol–water partition coefficient (Wildman–Crippen LogP) is 4.11. The number of benzene rings is 1. The van der Waals surface area contributed by atoms with Crippen LogP contribution in [-0.4, -0.2) is 24.7 Å². The molecule has 1 aromatic carbocycles. The Balaban J connectivity index is 2.28. The third kappa shape index (κ3) is 2.97. The Morgan fingerprint density at radius 1 is 1.37 bits per heavy atom. The maximum atomic E-state index is 3.76. The van der Waals surface area contributed by atoms with Crippen LogP contribution in [0.4, 0.5) is 5.69 Å². The summed E-state index contributed by atoms with van der Waals surface area (Å²) in [6.07, 6.45) is 2.37. The smallest absolute Gasteiger partial charge is 0.0387 e. The summed E-state index contributed by atoms with van der Waals surface area (Å²) in [6.45, 7) is 11.2. The first-order valence-electron chi connectivity index (χ1n) is 7.29. The Kier molecular flexibility index (Phi) is 4.57. The van der Waals surface area contributed by atoms with Gasteiger partial charge in [0.15, 0.2) is 0 Å². The summed E-state index contributed by atoms with van der Waals surface area (Å²) in [7, 11) is 0. The summed E-state index contributed by atoms with van der Waals surface area (Å²) in [5.41, 5.74) is 2.93. The van der Waals surface area contributed by atoms with Crippen LogP contribution in [-0.2, 0) is 0 Å². The molecule has 0 aromatic heterocycles. The van der Waals surface area contributed by atoms with Gasteiger partial charge in [0.05, 0.1) is 0 Å². The minimum absolute atomic E-state index is 0.271. The van der Waals surface area contributed by atoms with Crippen molar-refractivity contribution in [2.45, 2.75) is 52.1 Å². The highest BCUT2D eigenvalue weighted by molar-refractivity contribution is 9.10. The van der Waals surface area contributed by atoms with Gasteiger partial charge in [0.25, 0.3) is 0 Å². The highest BCUT2D eigenvalue weighted by Gasteiger charge is 2.35. The molecule has 0 radical (unpaired) electrons. The lowest BCUT2D eigenvalue weighted by molar-refractivity contribution is 0.254. The van der Waals surface area contributed by atoms with Gasteiger partial charge in [-0.1, -0.05) is 29.8 Å². The van der Waals surface area contributed by atoms with Crippen molar-refractivity contribution < 1.29 is 0 Å². The van der Waals surface area contributed by atoms with E-state index in [0.29, 0.717) is 6.04 Å². The third-order valence-corrected chi connectivity index (χ3v) is 5.49. The molecule has 1 aliphatic heterocycles. The van der Waals surface area contributed by atoms with Crippen molar-refractivity contribution in [2.75, 3.05) is 18.0 Å². The molecule has 0 bridgehead atoms. The summed E-state index contributed by atoms with van der Waals surface area (Å²) >= 11 is 3.59. The van der Waals surface area contributed by atoms with Crippen LogP contribution in [0.15, 0.2) is 22.7 Å². The van der Waals surface area contributed by atoms with Gasteiger partial charge >= 0.3 is 0 Å². The van der Waals surface area contributed by atoms with Gasteiger partial charge in [-0.3, -0.25) is 0 Å². The SMILES string of the molecule is CCC1(CC)CN(c2ccc(Br)c(C)c2)C(C)CN1. The van der Waals surface area contributed by atoms with E-state index in [1.165, 1.54) is 28.6 Å². The van der Waals surface area contributed by atoms with Gasteiger partial charge in [0.2, 0.25) is 0 Å². The van der Waals surface area contributed by atoms with Gasteiger partial charge in [0, 0.05) is 34.8 Å². The summed E-state index contributed by atoms with van der Waals surface area (Å²) in [5.74, 6) is 0. The van der Waals surface area contributed by atoms with Crippen molar-refractivity contribution in [3.63, 3.8) is 0 Å². The number of aryl methyl sites for hydroxylation is 1. The van der Waals surface area contributed by atoms with Crippen molar-refractivity contribution in [2.24, 2.45) is 0 Å². The van der Waals surface area contributed by atoms with Gasteiger partial charge in [-0.25, -0.2) is 0 Å². The van der Waals surface area contributed by atoms with Crippen LogP contribution in [0.2, 0.25) is 0 Å². The van der Waals surface area contributed by atoms with Gasteiger partial charge in [-0.2, -0.15) is 0 Å². The van der Waals surface area contributed by atoms with Crippen LogP contribution in [0.5, 0.6) is 0 Å². The molecule has 1 aromatic rings. The molecule has 1 atom stereocenters. The molecule has 106 valence electrons. The molecule has 1 aliphatic rings.